The van der Waals surface area contributed by atoms with Crippen LogP contribution in [-0.2, 0) is 5.41 Å². The third-order valence-corrected chi connectivity index (χ3v) is 30.2. The van der Waals surface area contributed by atoms with Crippen LogP contribution in [0, 0.1) is 0 Å². The fraction of sp³-hybridized carbons (Fsp3) is 0.0308. The zero-order valence-electron chi connectivity index (χ0n) is 77.5. The Kier molecular flexibility index (Phi) is 17.9. The van der Waals surface area contributed by atoms with Gasteiger partial charge in [-0.1, -0.05) is 385 Å². The van der Waals surface area contributed by atoms with Crippen molar-refractivity contribution in [1.29, 1.82) is 0 Å². The fourth-order valence-corrected chi connectivity index (χ4v) is 23.9. The highest BCUT2D eigenvalue weighted by Gasteiger charge is 2.55. The molecule has 0 fully saturated rings. The molecule has 0 N–H and O–H groups in total. The maximum absolute atomic E-state index is 8.58. The van der Waals surface area contributed by atoms with Gasteiger partial charge in [0, 0.05) is 106 Å². The number of para-hydroxylation sites is 4. The summed E-state index contributed by atoms with van der Waals surface area (Å²) in [6, 6.07) is 171. The zero-order chi connectivity index (χ0) is 93.0. The molecule has 0 saturated heterocycles. The lowest BCUT2D eigenvalue weighted by molar-refractivity contribution is 0.443. The molecule has 2 aromatic heterocycles. The first kappa shape index (κ1) is 80.5. The standard InChI is InChI=1S/C130H85B3N4O4/c1-130(2,3)92-72-112-121-113(73-92)137(127-101(86-48-24-10-25-49-86)76-94(77-102(127)87-50-26-11-27-51-87)135-109-58-34-30-54-97(109)98-55-31-35-59-110(98)135)114-78-118-124-128(122(114)132(121)103-64-60-90(82-40-16-6-17-41-82)70-111(103)136(112)126-99(84-44-20-8-21-45-84)74-93(75-100(126)85-46-22-9-23-47-85)134-107-56-32-28-52-95(107)96-53-29-33-57-108(96)134)141-117-71-91(83-42-18-7-19-43-83)61-65-104(117)133(124)125-120(139-118)79-119-123-129(125)140-116-67-63-89(81-38-14-5-15-39-81)69-106(116)131(123)105-68-88(62-66-115(105)138-119)80-36-12-4-13-37-80/h4-79H,1-3H3. The largest absolute Gasteiger partial charge is 0.459 e. The Morgan fingerprint density at radius 3 is 0.915 bits per heavy atom. The molecule has 0 aliphatic carbocycles. The Balaban J connectivity index is 0.773. The SMILES string of the molecule is CC(C)(C)c1cc2c3c(c1)N(c1c(-c4ccccc4)cc(-n4c5ccccc5c5ccccc54)cc1-c1ccccc1)c1cc4c5c(c1B3c1ccc(-c3ccccc3)cc1N2c1c(-c2ccccc2)cc(-n2c3ccccc3c3ccccc32)cc1-c1ccccc1)Oc1cc(-c2ccccc2)ccc1B5c1c(cc2c3c1Oc1ccc(-c5ccccc5)cc1B3c1cc(-c3ccccc3)ccc1O2)O4. The first-order valence-electron chi connectivity index (χ1n) is 48.8. The lowest BCUT2D eigenvalue weighted by Crippen LogP contribution is -2.66. The molecule has 8 nitrogen and oxygen atoms in total. The van der Waals surface area contributed by atoms with Crippen LogP contribution in [-0.4, -0.2) is 29.3 Å². The van der Waals surface area contributed by atoms with Crippen molar-refractivity contribution in [2.75, 3.05) is 9.80 Å². The van der Waals surface area contributed by atoms with E-state index < -0.39 is 18.8 Å². The monoisotopic (exact) mass is 1800 g/mol. The van der Waals surface area contributed by atoms with Crippen molar-refractivity contribution in [2.45, 2.75) is 26.2 Å². The van der Waals surface area contributed by atoms with E-state index in [0.29, 0.717) is 28.7 Å². The number of fused-ring (bicyclic) bond motifs is 20. The molecule has 0 saturated carbocycles. The highest BCUT2D eigenvalue weighted by Crippen LogP contribution is 2.58. The average molecular weight is 1800 g/mol. The van der Waals surface area contributed by atoms with Crippen molar-refractivity contribution in [3.63, 3.8) is 0 Å². The van der Waals surface area contributed by atoms with Crippen molar-refractivity contribution in [3.8, 4) is 146 Å². The van der Waals surface area contributed by atoms with E-state index in [1.165, 1.54) is 21.5 Å². The summed E-state index contributed by atoms with van der Waals surface area (Å²) in [4.78, 5) is 5.37. The van der Waals surface area contributed by atoms with Crippen LogP contribution < -0.4 is 77.9 Å². The summed E-state index contributed by atoms with van der Waals surface area (Å²) in [5, 5.41) is 4.74. The predicted octanol–water partition coefficient (Wildman–Crippen LogP) is 28.1. The molecule has 11 heteroatoms. The van der Waals surface area contributed by atoms with Gasteiger partial charge in [0.25, 0.3) is 20.1 Å². The van der Waals surface area contributed by atoms with E-state index >= 15 is 0 Å². The van der Waals surface area contributed by atoms with E-state index in [4.69, 9.17) is 18.9 Å². The topological polar surface area (TPSA) is 53.3 Å². The van der Waals surface area contributed by atoms with Crippen LogP contribution in [0.3, 0.4) is 0 Å². The van der Waals surface area contributed by atoms with Gasteiger partial charge in [-0.3, -0.25) is 0 Å². The molecule has 0 atom stereocenters. The third kappa shape index (κ3) is 12.5. The van der Waals surface area contributed by atoms with Crippen LogP contribution in [0.15, 0.2) is 461 Å². The Labute approximate surface area is 818 Å². The van der Waals surface area contributed by atoms with Gasteiger partial charge in [-0.2, -0.15) is 0 Å². The number of nitrogens with zero attached hydrogens (tertiary/aromatic N) is 4. The van der Waals surface area contributed by atoms with Crippen LogP contribution in [0.2, 0.25) is 0 Å². The fourth-order valence-electron chi connectivity index (χ4n) is 23.9. The van der Waals surface area contributed by atoms with Crippen molar-refractivity contribution in [3.05, 3.63) is 467 Å². The molecule has 0 radical (unpaired) electrons. The summed E-state index contributed by atoms with van der Waals surface area (Å²) in [5.41, 5.74) is 39.2. The first-order valence-corrected chi connectivity index (χ1v) is 48.8. The average Bonchev–Trinajstić information content (AvgIpc) is 0.786. The maximum atomic E-state index is 8.58. The molecule has 0 bridgehead atoms. The highest BCUT2D eigenvalue weighted by atomic mass is 16.5. The smallest absolute Gasteiger partial charge is 0.265 e. The van der Waals surface area contributed by atoms with E-state index in [1.807, 2.05) is 0 Å². The van der Waals surface area contributed by atoms with E-state index in [2.05, 4.69) is 501 Å². The summed E-state index contributed by atoms with van der Waals surface area (Å²) in [6.07, 6.45) is 0. The number of ether oxygens (including phenoxy) is 4. The normalized spacial score (nSPS) is 13.1. The van der Waals surface area contributed by atoms with E-state index in [9.17, 15) is 0 Å². The predicted molar refractivity (Wildman–Crippen MR) is 587 cm³/mol. The molecule has 21 aromatic carbocycles. The molecule has 0 unspecified atom stereocenters. The second-order valence-corrected chi connectivity index (χ2v) is 39.1. The minimum Gasteiger partial charge on any atom is -0.459 e. The number of rotatable bonds is 12. The zero-order valence-corrected chi connectivity index (χ0v) is 77.5. The van der Waals surface area contributed by atoms with E-state index in [0.717, 1.165) is 229 Å². The molecule has 23 aromatic rings. The van der Waals surface area contributed by atoms with Crippen molar-refractivity contribution < 1.29 is 18.9 Å². The van der Waals surface area contributed by atoms with Gasteiger partial charge in [0.15, 0.2) is 0 Å². The van der Waals surface area contributed by atoms with Gasteiger partial charge < -0.3 is 37.9 Å². The molecule has 29 rings (SSSR count). The maximum Gasteiger partial charge on any atom is 0.265 e. The number of hydrogen-bond donors (Lipinski definition) is 0. The minimum absolute atomic E-state index is 0.345. The second kappa shape index (κ2) is 31.4. The molecule has 8 heterocycles. The van der Waals surface area contributed by atoms with Gasteiger partial charge in [0.05, 0.1) is 33.4 Å². The molecule has 0 amide bonds. The van der Waals surface area contributed by atoms with Gasteiger partial charge in [-0.15, -0.1) is 0 Å². The van der Waals surface area contributed by atoms with E-state index in [1.54, 1.807) is 0 Å². The van der Waals surface area contributed by atoms with Crippen LogP contribution in [0.25, 0.3) is 144 Å². The molecular formula is C130H85B3N4O4. The third-order valence-electron chi connectivity index (χ3n) is 30.2. The summed E-state index contributed by atoms with van der Waals surface area (Å²) < 4.78 is 37.3. The number of aromatic nitrogens is 2. The Morgan fingerprint density at radius 2 is 0.504 bits per heavy atom. The van der Waals surface area contributed by atoms with Crippen LogP contribution >= 0.6 is 0 Å². The van der Waals surface area contributed by atoms with Crippen molar-refractivity contribution in [2.24, 2.45) is 0 Å². The Hall–Kier alpha value is -17.8. The molecule has 658 valence electrons. The number of benzene rings is 21. The van der Waals surface area contributed by atoms with Gasteiger partial charge in [0.2, 0.25) is 0 Å². The van der Waals surface area contributed by atoms with Gasteiger partial charge >= 0.3 is 0 Å². The quantitative estimate of drug-likeness (QED) is 0.114. The molecular weight excluding hydrogens is 1710 g/mol. The molecule has 0 spiro atoms. The van der Waals surface area contributed by atoms with Crippen molar-refractivity contribution >= 4 is 147 Å². The first-order chi connectivity index (χ1) is 69.6. The van der Waals surface area contributed by atoms with Crippen LogP contribution in [0.1, 0.15) is 26.3 Å². The summed E-state index contributed by atoms with van der Waals surface area (Å²) in [5.74, 6) is 5.63. The summed E-state index contributed by atoms with van der Waals surface area (Å²) >= 11 is 0. The Bertz CT molecular complexity index is 8890. The lowest BCUT2D eigenvalue weighted by atomic mass is 9.29. The minimum atomic E-state index is -0.571. The second-order valence-electron chi connectivity index (χ2n) is 39.1. The number of hydrogen-bond acceptors (Lipinski definition) is 6. The molecule has 6 aliphatic rings. The van der Waals surface area contributed by atoms with Crippen molar-refractivity contribution in [1.82, 2.24) is 9.13 Å². The van der Waals surface area contributed by atoms with Crippen LogP contribution in [0.5, 0.6) is 46.0 Å². The van der Waals surface area contributed by atoms with E-state index in [-0.39, 0.29) is 6.71 Å². The van der Waals surface area contributed by atoms with Gasteiger partial charge in [0.1, 0.15) is 46.0 Å². The summed E-state index contributed by atoms with van der Waals surface area (Å²) in [7, 11) is 0. The lowest BCUT2D eigenvalue weighted by Gasteiger charge is -2.48. The van der Waals surface area contributed by atoms with Gasteiger partial charge in [-0.25, -0.2) is 0 Å². The summed E-state index contributed by atoms with van der Waals surface area (Å²) in [6.45, 7) is 5.66. The highest BCUT2D eigenvalue weighted by molar-refractivity contribution is 7.04. The van der Waals surface area contributed by atoms with Gasteiger partial charge in [-0.05, 0) is 195 Å². The molecule has 141 heavy (non-hydrogen) atoms. The number of anilines is 6. The van der Waals surface area contributed by atoms with Crippen LogP contribution in [0.4, 0.5) is 34.1 Å². The Morgan fingerprint density at radius 1 is 0.199 bits per heavy atom. The molecule has 6 aliphatic heterocycles.